The van der Waals surface area contributed by atoms with Gasteiger partial charge in [-0.2, -0.15) is 0 Å². The lowest BCUT2D eigenvalue weighted by Gasteiger charge is -1.95. The molecule has 1 N–H and O–H groups in total. The maximum atomic E-state index is 10.8. The van der Waals surface area contributed by atoms with Gasteiger partial charge in [0, 0.05) is 12.6 Å². The number of furan rings is 1. The predicted molar refractivity (Wildman–Crippen MR) is 58.8 cm³/mol. The molecule has 2 rings (SSSR count). The van der Waals surface area contributed by atoms with E-state index in [2.05, 4.69) is 15.5 Å². The van der Waals surface area contributed by atoms with E-state index in [0.29, 0.717) is 22.2 Å². The van der Waals surface area contributed by atoms with Crippen LogP contribution < -0.4 is 0 Å². The zero-order valence-corrected chi connectivity index (χ0v) is 10.1. The van der Waals surface area contributed by atoms with Gasteiger partial charge in [0.05, 0.1) is 5.75 Å². The molecule has 0 fully saturated rings. The van der Waals surface area contributed by atoms with Gasteiger partial charge in [0.25, 0.3) is 0 Å². The fraction of sp³-hybridized carbons (Fsp3) is 0.333. The molecule has 2 aromatic rings. The second-order valence-electron chi connectivity index (χ2n) is 3.40. The number of thioether (sulfide) groups is 1. The third kappa shape index (κ3) is 2.47. The van der Waals surface area contributed by atoms with Gasteiger partial charge in [0.1, 0.15) is 5.76 Å². The quantitative estimate of drug-likeness (QED) is 0.816. The van der Waals surface area contributed by atoms with Crippen molar-refractivity contribution in [3.05, 3.63) is 23.2 Å². The van der Waals surface area contributed by atoms with Gasteiger partial charge in [-0.1, -0.05) is 11.8 Å². The summed E-state index contributed by atoms with van der Waals surface area (Å²) in [6.45, 7) is 1.70. The molecule has 0 bridgehead atoms. The van der Waals surface area contributed by atoms with Crippen LogP contribution in [0.4, 0.5) is 0 Å². The van der Waals surface area contributed by atoms with Gasteiger partial charge in [-0.3, -0.25) is 0 Å². The Morgan fingerprint density at radius 1 is 1.65 bits per heavy atom. The Bertz CT molecular complexity index is 548. The van der Waals surface area contributed by atoms with Gasteiger partial charge < -0.3 is 9.52 Å². The molecule has 0 aliphatic carbocycles. The summed E-state index contributed by atoms with van der Waals surface area (Å²) in [5.41, 5.74) is 0.615. The molecule has 0 aromatic carbocycles. The molecule has 0 atom stereocenters. The van der Waals surface area contributed by atoms with Crippen LogP contribution >= 0.6 is 11.8 Å². The normalized spacial score (nSPS) is 10.7. The largest absolute Gasteiger partial charge is 0.475 e. The van der Waals surface area contributed by atoms with E-state index in [1.807, 2.05) is 0 Å². The summed E-state index contributed by atoms with van der Waals surface area (Å²) in [4.78, 5) is 10.8. The Labute approximate surface area is 101 Å². The lowest BCUT2D eigenvalue weighted by Crippen LogP contribution is -1.95. The van der Waals surface area contributed by atoms with Gasteiger partial charge in [0.2, 0.25) is 10.9 Å². The first-order valence-electron chi connectivity index (χ1n) is 4.75. The van der Waals surface area contributed by atoms with Crippen molar-refractivity contribution < 1.29 is 14.3 Å². The van der Waals surface area contributed by atoms with Gasteiger partial charge in [-0.25, -0.2) is 9.48 Å². The zero-order chi connectivity index (χ0) is 12.4. The zero-order valence-electron chi connectivity index (χ0n) is 9.25. The third-order valence-corrected chi connectivity index (χ3v) is 3.12. The molecular formula is C9H10N4O3S. The molecule has 90 valence electrons. The monoisotopic (exact) mass is 254 g/mol. The van der Waals surface area contributed by atoms with Crippen LogP contribution in [0.3, 0.4) is 0 Å². The van der Waals surface area contributed by atoms with Crippen molar-refractivity contribution in [3.63, 3.8) is 0 Å². The molecule has 0 spiro atoms. The van der Waals surface area contributed by atoms with Crippen molar-refractivity contribution in [2.75, 3.05) is 0 Å². The molecular weight excluding hydrogens is 244 g/mol. The Morgan fingerprint density at radius 3 is 2.94 bits per heavy atom. The Kier molecular flexibility index (Phi) is 3.14. The SMILES string of the molecule is Cc1cc(CSc2nnnn2C)oc1C(=O)O. The van der Waals surface area contributed by atoms with Crippen LogP contribution in [0.2, 0.25) is 0 Å². The number of carbonyl (C=O) groups is 1. The molecule has 8 heteroatoms. The molecule has 0 saturated heterocycles. The first kappa shape index (κ1) is 11.6. The standard InChI is InChI=1S/C9H10N4O3S/c1-5-3-6(16-7(5)8(14)15)4-17-9-10-11-12-13(9)2/h3H,4H2,1-2H3,(H,14,15). The first-order valence-corrected chi connectivity index (χ1v) is 5.74. The fourth-order valence-corrected chi connectivity index (χ4v) is 2.04. The van der Waals surface area contributed by atoms with Crippen LogP contribution in [-0.2, 0) is 12.8 Å². The van der Waals surface area contributed by atoms with Crippen LogP contribution in [0, 0.1) is 6.92 Å². The maximum absolute atomic E-state index is 10.8. The predicted octanol–water partition coefficient (Wildman–Crippen LogP) is 1.10. The summed E-state index contributed by atoms with van der Waals surface area (Å²) < 4.78 is 6.76. The molecule has 0 aliphatic rings. The average molecular weight is 254 g/mol. The van der Waals surface area contributed by atoms with Gasteiger partial charge in [-0.15, -0.1) is 5.10 Å². The average Bonchev–Trinajstić information content (AvgIpc) is 2.82. The van der Waals surface area contributed by atoms with E-state index in [1.54, 1.807) is 24.7 Å². The van der Waals surface area contributed by atoms with Crippen LogP contribution in [-0.4, -0.2) is 31.3 Å². The highest BCUT2D eigenvalue weighted by molar-refractivity contribution is 7.98. The summed E-state index contributed by atoms with van der Waals surface area (Å²) in [6.07, 6.45) is 0. The summed E-state index contributed by atoms with van der Waals surface area (Å²) in [5.74, 6) is 0.00571. The highest BCUT2D eigenvalue weighted by atomic mass is 32.2. The van der Waals surface area contributed by atoms with E-state index in [0.717, 1.165) is 0 Å². The van der Waals surface area contributed by atoms with Crippen LogP contribution in [0.1, 0.15) is 21.9 Å². The van der Waals surface area contributed by atoms with E-state index in [-0.39, 0.29) is 5.76 Å². The topological polar surface area (TPSA) is 94.0 Å². The number of aromatic carboxylic acids is 1. The van der Waals surface area contributed by atoms with Crippen LogP contribution in [0.5, 0.6) is 0 Å². The smallest absolute Gasteiger partial charge is 0.372 e. The lowest BCUT2D eigenvalue weighted by atomic mass is 10.3. The number of rotatable bonds is 4. The molecule has 0 amide bonds. The molecule has 17 heavy (non-hydrogen) atoms. The fourth-order valence-electron chi connectivity index (χ4n) is 1.31. The Morgan fingerprint density at radius 2 is 2.41 bits per heavy atom. The summed E-state index contributed by atoms with van der Waals surface area (Å²) in [5, 5.41) is 20.5. The van der Waals surface area contributed by atoms with Gasteiger partial charge in [0.15, 0.2) is 0 Å². The number of aromatic nitrogens is 4. The van der Waals surface area contributed by atoms with Crippen LogP contribution in [0.25, 0.3) is 0 Å². The van der Waals surface area contributed by atoms with E-state index in [9.17, 15) is 4.79 Å². The minimum Gasteiger partial charge on any atom is -0.475 e. The Balaban J connectivity index is 2.07. The number of tetrazole rings is 1. The number of carboxylic acids is 1. The van der Waals surface area contributed by atoms with Crippen LogP contribution in [0.15, 0.2) is 15.6 Å². The molecule has 0 unspecified atom stereocenters. The van der Waals surface area contributed by atoms with Gasteiger partial charge in [-0.05, 0) is 23.4 Å². The third-order valence-electron chi connectivity index (χ3n) is 2.09. The maximum Gasteiger partial charge on any atom is 0.372 e. The number of carboxylic acid groups (broad SMARTS) is 1. The molecule has 2 aromatic heterocycles. The highest BCUT2D eigenvalue weighted by Gasteiger charge is 2.15. The number of hydrogen-bond donors (Lipinski definition) is 1. The summed E-state index contributed by atoms with van der Waals surface area (Å²) in [7, 11) is 1.73. The molecule has 0 radical (unpaired) electrons. The Hall–Kier alpha value is -1.83. The lowest BCUT2D eigenvalue weighted by molar-refractivity contribution is 0.0659. The molecule has 2 heterocycles. The van der Waals surface area contributed by atoms with Crippen molar-refractivity contribution in [3.8, 4) is 0 Å². The number of nitrogens with zero attached hydrogens (tertiary/aromatic N) is 4. The van der Waals surface area contributed by atoms with Crippen molar-refractivity contribution in [1.29, 1.82) is 0 Å². The second-order valence-corrected chi connectivity index (χ2v) is 4.35. The van der Waals surface area contributed by atoms with Crippen molar-refractivity contribution in [1.82, 2.24) is 20.2 Å². The number of hydrogen-bond acceptors (Lipinski definition) is 6. The minimum atomic E-state index is -1.06. The van der Waals surface area contributed by atoms with Crippen molar-refractivity contribution >= 4 is 17.7 Å². The minimum absolute atomic E-state index is 0.0170. The van der Waals surface area contributed by atoms with Crippen molar-refractivity contribution in [2.24, 2.45) is 7.05 Å². The van der Waals surface area contributed by atoms with E-state index in [4.69, 9.17) is 9.52 Å². The van der Waals surface area contributed by atoms with E-state index in [1.165, 1.54) is 11.8 Å². The molecule has 0 saturated carbocycles. The molecule has 7 nitrogen and oxygen atoms in total. The second kappa shape index (κ2) is 4.58. The van der Waals surface area contributed by atoms with Gasteiger partial charge >= 0.3 is 5.97 Å². The molecule has 0 aliphatic heterocycles. The summed E-state index contributed by atoms with van der Waals surface area (Å²) >= 11 is 1.38. The van der Waals surface area contributed by atoms with E-state index < -0.39 is 5.97 Å². The van der Waals surface area contributed by atoms with E-state index >= 15 is 0 Å². The highest BCUT2D eigenvalue weighted by Crippen LogP contribution is 2.23. The first-order chi connectivity index (χ1) is 8.08. The summed E-state index contributed by atoms with van der Waals surface area (Å²) in [6, 6.07) is 1.71. The number of aryl methyl sites for hydroxylation is 2. The van der Waals surface area contributed by atoms with Crippen molar-refractivity contribution in [2.45, 2.75) is 17.8 Å².